The summed E-state index contributed by atoms with van der Waals surface area (Å²) in [5, 5.41) is 3.50. The van der Waals surface area contributed by atoms with Gasteiger partial charge in [0, 0.05) is 28.0 Å². The van der Waals surface area contributed by atoms with E-state index in [4.69, 9.17) is 23.2 Å². The number of hydrogen-bond donors (Lipinski definition) is 0. The summed E-state index contributed by atoms with van der Waals surface area (Å²) in [5.41, 5.74) is 0.958. The molecular formula is C18H13Cl2FN2OS2. The van der Waals surface area contributed by atoms with Crippen molar-refractivity contribution in [1.29, 1.82) is 0 Å². The van der Waals surface area contributed by atoms with Gasteiger partial charge in [0.1, 0.15) is 5.82 Å². The molecule has 134 valence electrons. The highest BCUT2D eigenvalue weighted by atomic mass is 35.5. The molecule has 0 fully saturated rings. The molecule has 0 atom stereocenters. The van der Waals surface area contributed by atoms with E-state index in [0.717, 1.165) is 10.6 Å². The highest BCUT2D eigenvalue weighted by molar-refractivity contribution is 7.98. The van der Waals surface area contributed by atoms with Crippen molar-refractivity contribution in [2.75, 3.05) is 4.90 Å². The Balaban J connectivity index is 1.81. The molecule has 0 spiro atoms. The third-order valence-corrected chi connectivity index (χ3v) is 6.05. The largest absolute Gasteiger partial charge is 0.274 e. The van der Waals surface area contributed by atoms with Crippen LogP contribution in [0.3, 0.4) is 0 Å². The molecular weight excluding hydrogens is 414 g/mol. The molecule has 0 aliphatic rings. The number of hydrogen-bond acceptors (Lipinski definition) is 4. The quantitative estimate of drug-likeness (QED) is 0.432. The Morgan fingerprint density at radius 2 is 2.04 bits per heavy atom. The molecule has 0 aliphatic carbocycles. The zero-order valence-electron chi connectivity index (χ0n) is 13.6. The molecule has 0 aliphatic heterocycles. The number of carbonyl (C=O) groups excluding carboxylic acids is 1. The second-order valence-electron chi connectivity index (χ2n) is 5.29. The summed E-state index contributed by atoms with van der Waals surface area (Å²) in [6.45, 7) is 1.38. The summed E-state index contributed by atoms with van der Waals surface area (Å²) in [6.07, 6.45) is 0. The van der Waals surface area contributed by atoms with E-state index in [2.05, 4.69) is 4.98 Å². The smallest absolute Gasteiger partial charge is 0.230 e. The van der Waals surface area contributed by atoms with Gasteiger partial charge in [0.25, 0.3) is 0 Å². The number of halogens is 3. The Morgan fingerprint density at radius 1 is 1.27 bits per heavy atom. The van der Waals surface area contributed by atoms with Crippen molar-refractivity contribution in [1.82, 2.24) is 4.98 Å². The summed E-state index contributed by atoms with van der Waals surface area (Å²) in [5.74, 6) is -0.222. The summed E-state index contributed by atoms with van der Waals surface area (Å²) in [6, 6.07) is 11.4. The maximum Gasteiger partial charge on any atom is 0.230 e. The van der Waals surface area contributed by atoms with Crippen molar-refractivity contribution in [3.8, 4) is 0 Å². The van der Waals surface area contributed by atoms with Crippen molar-refractivity contribution in [2.24, 2.45) is 0 Å². The monoisotopic (exact) mass is 426 g/mol. The van der Waals surface area contributed by atoms with Crippen molar-refractivity contribution in [2.45, 2.75) is 17.6 Å². The van der Waals surface area contributed by atoms with Gasteiger partial charge in [-0.25, -0.2) is 9.37 Å². The van der Waals surface area contributed by atoms with Crippen molar-refractivity contribution in [3.05, 3.63) is 69.4 Å². The highest BCUT2D eigenvalue weighted by Gasteiger charge is 2.20. The van der Waals surface area contributed by atoms with Crippen molar-refractivity contribution in [3.63, 3.8) is 0 Å². The fourth-order valence-electron chi connectivity index (χ4n) is 2.25. The van der Waals surface area contributed by atoms with Gasteiger partial charge in [-0.3, -0.25) is 9.69 Å². The Labute approximate surface area is 168 Å². The minimum Gasteiger partial charge on any atom is -0.274 e. The fraction of sp³-hybridized carbons (Fsp3) is 0.111. The van der Waals surface area contributed by atoms with Gasteiger partial charge in [0.2, 0.25) is 5.91 Å². The number of para-hydroxylation sites is 1. The van der Waals surface area contributed by atoms with E-state index < -0.39 is 5.82 Å². The van der Waals surface area contributed by atoms with E-state index in [1.807, 2.05) is 5.38 Å². The van der Waals surface area contributed by atoms with Crippen LogP contribution in [0.5, 0.6) is 0 Å². The lowest BCUT2D eigenvalue weighted by molar-refractivity contribution is -0.115. The average Bonchev–Trinajstić information content (AvgIpc) is 3.06. The minimum atomic E-state index is -0.473. The highest BCUT2D eigenvalue weighted by Crippen LogP contribution is 2.35. The maximum absolute atomic E-state index is 14.1. The van der Waals surface area contributed by atoms with E-state index in [-0.39, 0.29) is 11.6 Å². The molecule has 3 nitrogen and oxygen atoms in total. The fourth-order valence-corrected chi connectivity index (χ4v) is 4.62. The van der Waals surface area contributed by atoms with Crippen LogP contribution in [-0.2, 0) is 10.5 Å². The van der Waals surface area contributed by atoms with Crippen LogP contribution in [0, 0.1) is 5.82 Å². The Kier molecular flexibility index (Phi) is 6.19. The van der Waals surface area contributed by atoms with Gasteiger partial charge in [-0.05, 0) is 30.3 Å². The molecule has 0 saturated heterocycles. The standard InChI is InChI=1S/C18H13Cl2FN2OS2/c1-11(24)23(16-5-3-2-4-15(16)21)18-22-13(10-26-18)9-25-17-8-12(19)6-7-14(17)20/h2-8,10H,9H2,1H3. The molecule has 0 saturated carbocycles. The molecule has 8 heteroatoms. The molecule has 3 rings (SSSR count). The lowest BCUT2D eigenvalue weighted by Gasteiger charge is -2.18. The van der Waals surface area contributed by atoms with Crippen LogP contribution >= 0.6 is 46.3 Å². The molecule has 1 aromatic heterocycles. The Bertz CT molecular complexity index is 948. The topological polar surface area (TPSA) is 33.2 Å². The van der Waals surface area contributed by atoms with Crippen LogP contribution in [0.1, 0.15) is 12.6 Å². The zero-order chi connectivity index (χ0) is 18.7. The number of thiazole rings is 1. The maximum atomic E-state index is 14.1. The molecule has 0 N–H and O–H groups in total. The van der Waals surface area contributed by atoms with Gasteiger partial charge < -0.3 is 0 Å². The number of anilines is 2. The van der Waals surface area contributed by atoms with Crippen LogP contribution in [0.15, 0.2) is 52.7 Å². The summed E-state index contributed by atoms with van der Waals surface area (Å²) in [4.78, 5) is 18.7. The number of nitrogens with zero attached hydrogens (tertiary/aromatic N) is 2. The van der Waals surface area contributed by atoms with Crippen LogP contribution in [0.4, 0.5) is 15.2 Å². The van der Waals surface area contributed by atoms with Crippen LogP contribution in [-0.4, -0.2) is 10.9 Å². The molecule has 0 radical (unpaired) electrons. The minimum absolute atomic E-state index is 0.187. The van der Waals surface area contributed by atoms with Crippen molar-refractivity contribution >= 4 is 63.0 Å². The van der Waals surface area contributed by atoms with Crippen LogP contribution < -0.4 is 4.90 Å². The lowest BCUT2D eigenvalue weighted by Crippen LogP contribution is -2.23. The van der Waals surface area contributed by atoms with Gasteiger partial charge in [0.15, 0.2) is 5.13 Å². The Morgan fingerprint density at radius 3 is 2.77 bits per heavy atom. The number of aromatic nitrogens is 1. The number of amides is 1. The van der Waals surface area contributed by atoms with Crippen molar-refractivity contribution < 1.29 is 9.18 Å². The van der Waals surface area contributed by atoms with E-state index in [0.29, 0.717) is 20.9 Å². The molecule has 3 aromatic rings. The van der Waals surface area contributed by atoms with E-state index >= 15 is 0 Å². The second kappa shape index (κ2) is 8.39. The Hall–Kier alpha value is -1.60. The molecule has 26 heavy (non-hydrogen) atoms. The first kappa shape index (κ1) is 19.2. The molecule has 0 unspecified atom stereocenters. The first-order chi connectivity index (χ1) is 12.5. The summed E-state index contributed by atoms with van der Waals surface area (Å²) >= 11 is 14.9. The first-order valence-electron chi connectivity index (χ1n) is 7.53. The third-order valence-electron chi connectivity index (χ3n) is 3.41. The summed E-state index contributed by atoms with van der Waals surface area (Å²) < 4.78 is 14.1. The number of carbonyl (C=O) groups is 1. The molecule has 2 aromatic carbocycles. The predicted molar refractivity (Wildman–Crippen MR) is 107 cm³/mol. The lowest BCUT2D eigenvalue weighted by atomic mass is 10.3. The van der Waals surface area contributed by atoms with Crippen LogP contribution in [0.25, 0.3) is 0 Å². The summed E-state index contributed by atoms with van der Waals surface area (Å²) in [7, 11) is 0. The number of benzene rings is 2. The van der Waals surface area contributed by atoms with Gasteiger partial charge in [-0.1, -0.05) is 35.3 Å². The molecule has 1 amide bonds. The number of thioether (sulfide) groups is 1. The molecule has 0 bridgehead atoms. The first-order valence-corrected chi connectivity index (χ1v) is 10.2. The third kappa shape index (κ3) is 4.38. The molecule has 1 heterocycles. The SMILES string of the molecule is CC(=O)N(c1nc(CSc2cc(Cl)ccc2Cl)cs1)c1ccccc1F. The van der Waals surface area contributed by atoms with Gasteiger partial charge in [-0.2, -0.15) is 0 Å². The van der Waals surface area contributed by atoms with E-state index in [1.165, 1.54) is 41.0 Å². The van der Waals surface area contributed by atoms with Gasteiger partial charge >= 0.3 is 0 Å². The van der Waals surface area contributed by atoms with Crippen LogP contribution in [0.2, 0.25) is 10.0 Å². The normalized spacial score (nSPS) is 10.8. The zero-order valence-corrected chi connectivity index (χ0v) is 16.7. The second-order valence-corrected chi connectivity index (χ2v) is 7.99. The van der Waals surface area contributed by atoms with E-state index in [1.54, 1.807) is 36.4 Å². The predicted octanol–water partition coefficient (Wildman–Crippen LogP) is 6.57. The van der Waals surface area contributed by atoms with Gasteiger partial charge in [-0.15, -0.1) is 23.1 Å². The van der Waals surface area contributed by atoms with E-state index in [9.17, 15) is 9.18 Å². The van der Waals surface area contributed by atoms with Gasteiger partial charge in [0.05, 0.1) is 16.4 Å². The average molecular weight is 427 g/mol. The number of rotatable bonds is 5.